The average molecular weight is 286 g/mol. The van der Waals surface area contributed by atoms with Gasteiger partial charge in [-0.3, -0.25) is 4.79 Å². The predicted molar refractivity (Wildman–Crippen MR) is 69.0 cm³/mol. The summed E-state index contributed by atoms with van der Waals surface area (Å²) in [4.78, 5) is 12.1. The zero-order valence-electron chi connectivity index (χ0n) is 11.4. The molecule has 6 heteroatoms. The molecule has 2 N–H and O–H groups in total. The zero-order chi connectivity index (χ0) is 15.1. The SMILES string of the molecule is Cc1cc(C)cc(C2(N)CCN(C(=O)C(F)(F)F)C2)c1. The van der Waals surface area contributed by atoms with Crippen LogP contribution in [0, 0.1) is 13.8 Å². The molecule has 1 unspecified atom stereocenters. The summed E-state index contributed by atoms with van der Waals surface area (Å²) in [6, 6.07) is 5.71. The van der Waals surface area contributed by atoms with E-state index >= 15 is 0 Å². The number of hydrogen-bond acceptors (Lipinski definition) is 2. The number of carbonyl (C=O) groups is 1. The van der Waals surface area contributed by atoms with Crippen molar-refractivity contribution in [3.63, 3.8) is 0 Å². The number of alkyl halides is 3. The van der Waals surface area contributed by atoms with Gasteiger partial charge in [-0.15, -0.1) is 0 Å². The van der Waals surface area contributed by atoms with E-state index < -0.39 is 17.6 Å². The maximum Gasteiger partial charge on any atom is 0.471 e. The van der Waals surface area contributed by atoms with E-state index in [2.05, 4.69) is 0 Å². The Morgan fingerprint density at radius 1 is 1.25 bits per heavy atom. The summed E-state index contributed by atoms with van der Waals surface area (Å²) < 4.78 is 37.4. The summed E-state index contributed by atoms with van der Waals surface area (Å²) >= 11 is 0. The van der Waals surface area contributed by atoms with Gasteiger partial charge in [0, 0.05) is 13.1 Å². The van der Waals surface area contributed by atoms with E-state index in [9.17, 15) is 18.0 Å². The van der Waals surface area contributed by atoms with Gasteiger partial charge in [0.15, 0.2) is 0 Å². The highest BCUT2D eigenvalue weighted by Crippen LogP contribution is 2.33. The maximum atomic E-state index is 12.5. The number of hydrogen-bond donors (Lipinski definition) is 1. The minimum atomic E-state index is -4.84. The Kier molecular flexibility index (Phi) is 3.54. The van der Waals surface area contributed by atoms with Gasteiger partial charge in [0.1, 0.15) is 0 Å². The molecular weight excluding hydrogens is 269 g/mol. The van der Waals surface area contributed by atoms with E-state index in [1.54, 1.807) is 0 Å². The third-order valence-corrected chi connectivity index (χ3v) is 3.63. The summed E-state index contributed by atoms with van der Waals surface area (Å²) in [5.41, 5.74) is 8.12. The molecule has 0 saturated carbocycles. The van der Waals surface area contributed by atoms with Gasteiger partial charge in [0.25, 0.3) is 0 Å². The Labute approximate surface area is 115 Å². The van der Waals surface area contributed by atoms with Crippen LogP contribution in [0.2, 0.25) is 0 Å². The molecule has 0 spiro atoms. The molecule has 0 aromatic heterocycles. The van der Waals surface area contributed by atoms with Crippen LogP contribution in [-0.4, -0.2) is 30.1 Å². The van der Waals surface area contributed by atoms with Crippen LogP contribution in [0.4, 0.5) is 13.2 Å². The topological polar surface area (TPSA) is 46.3 Å². The van der Waals surface area contributed by atoms with Gasteiger partial charge in [-0.25, -0.2) is 0 Å². The van der Waals surface area contributed by atoms with Gasteiger partial charge >= 0.3 is 12.1 Å². The first-order chi connectivity index (χ1) is 9.12. The van der Waals surface area contributed by atoms with Crippen LogP contribution in [0.1, 0.15) is 23.1 Å². The lowest BCUT2D eigenvalue weighted by Gasteiger charge is -2.26. The monoisotopic (exact) mass is 286 g/mol. The van der Waals surface area contributed by atoms with E-state index in [0.717, 1.165) is 21.6 Å². The number of amides is 1. The Morgan fingerprint density at radius 3 is 2.30 bits per heavy atom. The van der Waals surface area contributed by atoms with E-state index in [4.69, 9.17) is 5.73 Å². The standard InChI is InChI=1S/C14H17F3N2O/c1-9-5-10(2)7-11(6-9)13(18)3-4-19(8-13)12(20)14(15,16)17/h5-7H,3-4,8,18H2,1-2H3. The van der Waals surface area contributed by atoms with Crippen molar-refractivity contribution in [3.8, 4) is 0 Å². The van der Waals surface area contributed by atoms with Crippen molar-refractivity contribution in [2.24, 2.45) is 5.73 Å². The number of benzene rings is 1. The first-order valence-corrected chi connectivity index (χ1v) is 6.35. The second-order valence-electron chi connectivity index (χ2n) is 5.51. The Balaban J connectivity index is 2.24. The molecule has 1 aromatic rings. The van der Waals surface area contributed by atoms with E-state index in [1.165, 1.54) is 0 Å². The quantitative estimate of drug-likeness (QED) is 0.860. The van der Waals surface area contributed by atoms with Crippen LogP contribution in [-0.2, 0) is 10.3 Å². The average Bonchev–Trinajstić information content (AvgIpc) is 2.70. The number of nitrogens with two attached hydrogens (primary N) is 1. The Bertz CT molecular complexity index is 521. The van der Waals surface area contributed by atoms with E-state index in [1.807, 2.05) is 32.0 Å². The minimum Gasteiger partial charge on any atom is -0.333 e. The molecule has 20 heavy (non-hydrogen) atoms. The van der Waals surface area contributed by atoms with Crippen molar-refractivity contribution in [1.82, 2.24) is 4.90 Å². The Hall–Kier alpha value is -1.56. The van der Waals surface area contributed by atoms with Crippen molar-refractivity contribution >= 4 is 5.91 Å². The van der Waals surface area contributed by atoms with Crippen LogP contribution in [0.3, 0.4) is 0 Å². The fraction of sp³-hybridized carbons (Fsp3) is 0.500. The molecule has 0 aliphatic carbocycles. The number of nitrogens with zero attached hydrogens (tertiary/aromatic N) is 1. The highest BCUT2D eigenvalue weighted by molar-refractivity contribution is 5.82. The molecule has 1 amide bonds. The molecule has 1 aliphatic rings. The van der Waals surface area contributed by atoms with Gasteiger partial charge in [-0.1, -0.05) is 29.3 Å². The van der Waals surface area contributed by atoms with Crippen LogP contribution in [0.15, 0.2) is 18.2 Å². The highest BCUT2D eigenvalue weighted by atomic mass is 19.4. The molecule has 1 aliphatic heterocycles. The molecule has 1 atom stereocenters. The number of halogens is 3. The molecule has 1 heterocycles. The number of rotatable bonds is 1. The van der Waals surface area contributed by atoms with Gasteiger partial charge < -0.3 is 10.6 Å². The van der Waals surface area contributed by atoms with Gasteiger partial charge in [-0.05, 0) is 25.8 Å². The summed E-state index contributed by atoms with van der Waals surface area (Å²) in [7, 11) is 0. The second kappa shape index (κ2) is 4.77. The molecule has 1 saturated heterocycles. The largest absolute Gasteiger partial charge is 0.471 e. The lowest BCUT2D eigenvalue weighted by atomic mass is 9.88. The number of likely N-dealkylation sites (tertiary alicyclic amines) is 1. The van der Waals surface area contributed by atoms with Crippen LogP contribution >= 0.6 is 0 Å². The van der Waals surface area contributed by atoms with E-state index in [0.29, 0.717) is 6.42 Å². The minimum absolute atomic E-state index is 0.0296. The molecule has 1 fully saturated rings. The number of aryl methyl sites for hydroxylation is 2. The van der Waals surface area contributed by atoms with Crippen molar-refractivity contribution < 1.29 is 18.0 Å². The maximum absolute atomic E-state index is 12.5. The lowest BCUT2D eigenvalue weighted by Crippen LogP contribution is -2.44. The normalized spacial score (nSPS) is 23.2. The Morgan fingerprint density at radius 2 is 1.80 bits per heavy atom. The lowest BCUT2D eigenvalue weighted by molar-refractivity contribution is -0.184. The summed E-state index contributed by atoms with van der Waals surface area (Å²) in [5, 5.41) is 0. The van der Waals surface area contributed by atoms with Crippen LogP contribution in [0.5, 0.6) is 0 Å². The second-order valence-corrected chi connectivity index (χ2v) is 5.51. The zero-order valence-corrected chi connectivity index (χ0v) is 11.4. The van der Waals surface area contributed by atoms with Crippen molar-refractivity contribution in [2.45, 2.75) is 32.0 Å². The smallest absolute Gasteiger partial charge is 0.333 e. The molecule has 0 radical (unpaired) electrons. The van der Waals surface area contributed by atoms with Gasteiger partial charge in [-0.2, -0.15) is 13.2 Å². The molecule has 0 bridgehead atoms. The predicted octanol–water partition coefficient (Wildman–Crippen LogP) is 2.25. The summed E-state index contributed by atoms with van der Waals surface area (Å²) in [5.74, 6) is -1.81. The van der Waals surface area contributed by atoms with Gasteiger partial charge in [0.05, 0.1) is 5.54 Å². The van der Waals surface area contributed by atoms with Crippen molar-refractivity contribution in [3.05, 3.63) is 34.9 Å². The first kappa shape index (κ1) is 14.8. The molecule has 1 aromatic carbocycles. The van der Waals surface area contributed by atoms with Crippen molar-refractivity contribution in [1.29, 1.82) is 0 Å². The van der Waals surface area contributed by atoms with Crippen molar-refractivity contribution in [2.75, 3.05) is 13.1 Å². The fourth-order valence-electron chi connectivity index (χ4n) is 2.68. The summed E-state index contributed by atoms with van der Waals surface area (Å²) in [6.45, 7) is 3.75. The van der Waals surface area contributed by atoms with Crippen LogP contribution < -0.4 is 5.73 Å². The number of carbonyl (C=O) groups excluding carboxylic acids is 1. The first-order valence-electron chi connectivity index (χ1n) is 6.35. The fourth-order valence-corrected chi connectivity index (χ4v) is 2.68. The van der Waals surface area contributed by atoms with E-state index in [-0.39, 0.29) is 13.1 Å². The van der Waals surface area contributed by atoms with Gasteiger partial charge in [0.2, 0.25) is 0 Å². The molecule has 110 valence electrons. The highest BCUT2D eigenvalue weighted by Gasteiger charge is 2.47. The third kappa shape index (κ3) is 2.80. The van der Waals surface area contributed by atoms with Crippen LogP contribution in [0.25, 0.3) is 0 Å². The molecule has 3 nitrogen and oxygen atoms in total. The molecule has 2 rings (SSSR count). The third-order valence-electron chi connectivity index (χ3n) is 3.63. The molecular formula is C14H17F3N2O. The summed E-state index contributed by atoms with van der Waals surface area (Å²) in [6.07, 6.45) is -4.51.